The van der Waals surface area contributed by atoms with Crippen molar-refractivity contribution >= 4 is 34.9 Å². The number of hydrogen-bond donors (Lipinski definition) is 0. The number of rotatable bonds is 11. The second-order valence-electron chi connectivity index (χ2n) is 12.0. The quantitative estimate of drug-likeness (QED) is 0.151. The summed E-state index contributed by atoms with van der Waals surface area (Å²) in [5, 5.41) is 1.32. The van der Waals surface area contributed by atoms with Gasteiger partial charge in [0, 0.05) is 61.1 Å². The number of hydrogen-bond acceptors (Lipinski definition) is 6. The van der Waals surface area contributed by atoms with Crippen LogP contribution in [0.1, 0.15) is 41.3 Å². The molecule has 2 aliphatic rings. The minimum absolute atomic E-state index is 0.292. The van der Waals surface area contributed by atoms with Crippen molar-refractivity contribution < 1.29 is 14.3 Å². The predicted molar refractivity (Wildman–Crippen MR) is 188 cm³/mol. The van der Waals surface area contributed by atoms with Gasteiger partial charge in [-0.05, 0) is 104 Å². The molecule has 2 fully saturated rings. The Morgan fingerprint density at radius 2 is 1.57 bits per heavy atom. The van der Waals surface area contributed by atoms with Gasteiger partial charge in [0.05, 0.1) is 6.61 Å². The predicted octanol–water partition coefficient (Wildman–Crippen LogP) is 8.59. The topological polar surface area (TPSA) is 45.2 Å². The number of anilines is 1. The van der Waals surface area contributed by atoms with Crippen molar-refractivity contribution in [1.29, 1.82) is 0 Å². The molecular formula is C38H41Cl2N3O3. The molecule has 8 heteroatoms. The molecule has 0 unspecified atom stereocenters. The molecule has 0 saturated carbocycles. The minimum Gasteiger partial charge on any atom is -0.462 e. The number of nitrogens with zero attached hydrogens (tertiary/aromatic N) is 3. The van der Waals surface area contributed by atoms with Crippen molar-refractivity contribution in [2.45, 2.75) is 32.7 Å². The van der Waals surface area contributed by atoms with Crippen LogP contribution in [0.3, 0.4) is 0 Å². The highest BCUT2D eigenvalue weighted by Gasteiger charge is 2.22. The molecule has 0 amide bonds. The Labute approximate surface area is 282 Å². The van der Waals surface area contributed by atoms with Gasteiger partial charge in [0.15, 0.2) is 0 Å². The Morgan fingerprint density at radius 1 is 0.783 bits per heavy atom. The van der Waals surface area contributed by atoms with Gasteiger partial charge in [-0.2, -0.15) is 0 Å². The molecule has 0 atom stereocenters. The zero-order chi connectivity index (χ0) is 31.9. The molecule has 0 aliphatic carbocycles. The van der Waals surface area contributed by atoms with Crippen LogP contribution in [-0.2, 0) is 17.7 Å². The van der Waals surface area contributed by atoms with E-state index in [2.05, 4.69) is 45.0 Å². The highest BCUT2D eigenvalue weighted by molar-refractivity contribution is 6.31. The Hall–Kier alpha value is -3.55. The third kappa shape index (κ3) is 8.23. The third-order valence-corrected chi connectivity index (χ3v) is 9.34. The van der Waals surface area contributed by atoms with Crippen molar-refractivity contribution in [3.05, 3.63) is 112 Å². The van der Waals surface area contributed by atoms with E-state index in [0.717, 1.165) is 56.4 Å². The van der Waals surface area contributed by atoms with Crippen LogP contribution in [0.15, 0.2) is 84.9 Å². The number of likely N-dealkylation sites (tertiary alicyclic amines) is 1. The lowest BCUT2D eigenvalue weighted by Gasteiger charge is -2.36. The van der Waals surface area contributed by atoms with Crippen LogP contribution in [0.2, 0.25) is 10.0 Å². The first-order valence-corrected chi connectivity index (χ1v) is 17.0. The van der Waals surface area contributed by atoms with Crippen molar-refractivity contribution in [1.82, 2.24) is 9.80 Å². The van der Waals surface area contributed by atoms with E-state index in [-0.39, 0.29) is 0 Å². The van der Waals surface area contributed by atoms with Crippen LogP contribution < -0.4 is 9.64 Å². The van der Waals surface area contributed by atoms with Crippen LogP contribution in [-0.4, -0.2) is 68.2 Å². The van der Waals surface area contributed by atoms with Gasteiger partial charge >= 0.3 is 5.97 Å². The number of carbonyl (C=O) groups excluding carboxylic acids is 1. The second kappa shape index (κ2) is 15.4. The molecule has 6 rings (SSSR count). The fourth-order valence-corrected chi connectivity index (χ4v) is 6.68. The summed E-state index contributed by atoms with van der Waals surface area (Å²) in [6.07, 6.45) is 3.71. The van der Waals surface area contributed by atoms with Crippen LogP contribution in [0, 0.1) is 0 Å². The summed E-state index contributed by atoms with van der Waals surface area (Å²) in [7, 11) is 0. The smallest absolute Gasteiger partial charge is 0.341 e. The van der Waals surface area contributed by atoms with Crippen molar-refractivity contribution in [2.24, 2.45) is 0 Å². The molecule has 6 nitrogen and oxygen atoms in total. The van der Waals surface area contributed by atoms with E-state index in [1.165, 1.54) is 48.2 Å². The Kier molecular flexibility index (Phi) is 10.8. The van der Waals surface area contributed by atoms with Crippen molar-refractivity contribution in [3.63, 3.8) is 0 Å². The minimum atomic E-state index is -0.407. The number of benzene rings is 4. The van der Waals surface area contributed by atoms with Crippen LogP contribution in [0.25, 0.3) is 11.1 Å². The lowest BCUT2D eigenvalue weighted by molar-refractivity contribution is 0.0523. The van der Waals surface area contributed by atoms with E-state index >= 15 is 0 Å². The highest BCUT2D eigenvalue weighted by Crippen LogP contribution is 2.33. The number of halogens is 2. The first kappa shape index (κ1) is 32.4. The molecule has 0 aromatic heterocycles. The fourth-order valence-electron chi connectivity index (χ4n) is 6.37. The molecule has 2 heterocycles. The first-order valence-electron chi connectivity index (χ1n) is 16.3. The van der Waals surface area contributed by atoms with Crippen molar-refractivity contribution in [2.75, 3.05) is 57.3 Å². The molecular weight excluding hydrogens is 617 g/mol. The van der Waals surface area contributed by atoms with E-state index < -0.39 is 5.97 Å². The molecule has 0 radical (unpaired) electrons. The Balaban J connectivity index is 1.17. The van der Waals surface area contributed by atoms with Crippen LogP contribution in [0.4, 0.5) is 5.69 Å². The molecule has 4 aromatic carbocycles. The summed E-state index contributed by atoms with van der Waals surface area (Å²) in [5.41, 5.74) is 6.61. The maximum absolute atomic E-state index is 12.7. The maximum Gasteiger partial charge on any atom is 0.341 e. The molecule has 46 heavy (non-hydrogen) atoms. The molecule has 0 spiro atoms. The lowest BCUT2D eigenvalue weighted by Crippen LogP contribution is -2.46. The van der Waals surface area contributed by atoms with E-state index in [4.69, 9.17) is 32.7 Å². The van der Waals surface area contributed by atoms with Gasteiger partial charge in [0.25, 0.3) is 0 Å². The van der Waals surface area contributed by atoms with Gasteiger partial charge in [0.2, 0.25) is 0 Å². The molecule has 0 bridgehead atoms. The molecule has 2 saturated heterocycles. The van der Waals surface area contributed by atoms with Gasteiger partial charge in [-0.3, -0.25) is 4.90 Å². The second-order valence-corrected chi connectivity index (χ2v) is 12.9. The molecule has 4 aromatic rings. The Bertz CT molecular complexity index is 1630. The average molecular weight is 659 g/mol. The van der Waals surface area contributed by atoms with Gasteiger partial charge < -0.3 is 19.3 Å². The van der Waals surface area contributed by atoms with E-state index in [9.17, 15) is 4.79 Å². The summed E-state index contributed by atoms with van der Waals surface area (Å²) in [6, 6.07) is 28.1. The normalized spacial score (nSPS) is 15.7. The number of carbonyl (C=O) groups is 1. The van der Waals surface area contributed by atoms with Gasteiger partial charge in [-0.15, -0.1) is 0 Å². The summed E-state index contributed by atoms with van der Waals surface area (Å²) >= 11 is 12.4. The number of piperazine rings is 1. The van der Waals surface area contributed by atoms with Gasteiger partial charge in [0.1, 0.15) is 17.1 Å². The molecule has 2 aliphatic heterocycles. The van der Waals surface area contributed by atoms with Gasteiger partial charge in [-0.1, -0.05) is 59.6 Å². The third-order valence-electron chi connectivity index (χ3n) is 8.86. The summed E-state index contributed by atoms with van der Waals surface area (Å²) in [4.78, 5) is 20.2. The Morgan fingerprint density at radius 3 is 2.30 bits per heavy atom. The summed E-state index contributed by atoms with van der Waals surface area (Å²) < 4.78 is 11.5. The van der Waals surface area contributed by atoms with E-state index in [1.807, 2.05) is 36.4 Å². The standard InChI is InChI=1S/C38H41Cl2N3O3/c1-2-45-38(44)36-15-13-33(26-37(36)46-34-7-5-6-32(40)25-34)43-22-20-42(21-23-43)27-30-24-28(16-19-41-17-3-4-18-41)8-14-35(30)29-9-11-31(39)12-10-29/h5-15,24-26H,2-4,16-23,27H2,1H3. The van der Waals surface area contributed by atoms with E-state index in [1.54, 1.807) is 25.1 Å². The van der Waals surface area contributed by atoms with Crippen LogP contribution in [0.5, 0.6) is 11.5 Å². The van der Waals surface area contributed by atoms with Crippen molar-refractivity contribution in [3.8, 4) is 22.6 Å². The molecule has 240 valence electrons. The first-order chi connectivity index (χ1) is 22.4. The fraction of sp³-hybridized carbons (Fsp3) is 0.342. The van der Waals surface area contributed by atoms with Crippen LogP contribution >= 0.6 is 23.2 Å². The lowest BCUT2D eigenvalue weighted by atomic mass is 9.96. The monoisotopic (exact) mass is 657 g/mol. The number of esters is 1. The molecule has 0 N–H and O–H groups in total. The number of ether oxygens (including phenoxy) is 2. The summed E-state index contributed by atoms with van der Waals surface area (Å²) in [5.74, 6) is 0.619. The summed E-state index contributed by atoms with van der Waals surface area (Å²) in [6.45, 7) is 10.1. The highest BCUT2D eigenvalue weighted by atomic mass is 35.5. The zero-order valence-electron chi connectivity index (χ0n) is 26.4. The largest absolute Gasteiger partial charge is 0.462 e. The maximum atomic E-state index is 12.7. The average Bonchev–Trinajstić information content (AvgIpc) is 3.59. The van der Waals surface area contributed by atoms with E-state index in [0.29, 0.717) is 28.7 Å². The zero-order valence-corrected chi connectivity index (χ0v) is 27.9. The SMILES string of the molecule is CCOC(=O)c1ccc(N2CCN(Cc3cc(CCN4CCCC4)ccc3-c3ccc(Cl)cc3)CC2)cc1Oc1cccc(Cl)c1. The van der Waals surface area contributed by atoms with Gasteiger partial charge in [-0.25, -0.2) is 4.79 Å².